The van der Waals surface area contributed by atoms with Crippen molar-refractivity contribution in [1.29, 1.82) is 0 Å². The molecule has 1 fully saturated rings. The lowest BCUT2D eigenvalue weighted by molar-refractivity contribution is 0.206. The van der Waals surface area contributed by atoms with E-state index in [0.29, 0.717) is 17.3 Å². The van der Waals surface area contributed by atoms with Crippen molar-refractivity contribution in [3.8, 4) is 0 Å². The van der Waals surface area contributed by atoms with Gasteiger partial charge in [-0.25, -0.2) is 4.79 Å². The summed E-state index contributed by atoms with van der Waals surface area (Å²) in [5.41, 5.74) is 1.43. The van der Waals surface area contributed by atoms with Crippen molar-refractivity contribution in [2.75, 3.05) is 18.5 Å². The molecule has 0 spiro atoms. The van der Waals surface area contributed by atoms with Crippen molar-refractivity contribution in [3.05, 3.63) is 28.8 Å². The monoisotopic (exact) mass is 268 g/mol. The van der Waals surface area contributed by atoms with Crippen LogP contribution in [-0.4, -0.2) is 24.3 Å². The summed E-state index contributed by atoms with van der Waals surface area (Å²) >= 11 is 6.08. The van der Waals surface area contributed by atoms with Gasteiger partial charge < -0.3 is 15.7 Å². The molecule has 1 aliphatic rings. The molecule has 0 radical (unpaired) electrons. The third-order valence-electron chi connectivity index (χ3n) is 3.36. The average Bonchev–Trinajstić information content (AvgIpc) is 3.13. The number of carbonyl (C=O) groups is 1. The van der Waals surface area contributed by atoms with Crippen LogP contribution in [0.15, 0.2) is 18.2 Å². The summed E-state index contributed by atoms with van der Waals surface area (Å²) in [6.45, 7) is 2.51. The molecule has 5 heteroatoms. The third kappa shape index (κ3) is 2.94. The van der Waals surface area contributed by atoms with Crippen molar-refractivity contribution in [1.82, 2.24) is 5.32 Å². The second-order valence-corrected chi connectivity index (χ2v) is 5.28. The maximum absolute atomic E-state index is 11.7. The first-order chi connectivity index (χ1) is 8.56. The number of aryl methyl sites for hydroxylation is 1. The number of hydrogen-bond donors (Lipinski definition) is 3. The number of benzene rings is 1. The lowest BCUT2D eigenvalue weighted by Gasteiger charge is -2.14. The average molecular weight is 269 g/mol. The van der Waals surface area contributed by atoms with Crippen molar-refractivity contribution in [3.63, 3.8) is 0 Å². The van der Waals surface area contributed by atoms with E-state index in [2.05, 4.69) is 10.6 Å². The van der Waals surface area contributed by atoms with E-state index < -0.39 is 0 Å². The zero-order valence-electron chi connectivity index (χ0n) is 10.3. The standard InChI is InChI=1S/C13H17ClN2O2/c1-9-3-2-4-10(11(9)14)16-12(18)15-7-13(8-17)5-6-13/h2-4,17H,5-8H2,1H3,(H2,15,16,18). The molecule has 1 aliphatic carbocycles. The van der Waals surface area contributed by atoms with E-state index in [0.717, 1.165) is 18.4 Å². The van der Waals surface area contributed by atoms with E-state index in [-0.39, 0.29) is 18.1 Å². The number of urea groups is 1. The van der Waals surface area contributed by atoms with Gasteiger partial charge in [0.15, 0.2) is 0 Å². The zero-order valence-corrected chi connectivity index (χ0v) is 11.0. The zero-order chi connectivity index (χ0) is 13.2. The number of hydrogen-bond acceptors (Lipinski definition) is 2. The quantitative estimate of drug-likeness (QED) is 0.786. The first-order valence-corrected chi connectivity index (χ1v) is 6.35. The Morgan fingerprint density at radius 2 is 2.22 bits per heavy atom. The third-order valence-corrected chi connectivity index (χ3v) is 3.86. The Labute approximate surface area is 111 Å². The Hall–Kier alpha value is -1.26. The van der Waals surface area contributed by atoms with Crippen LogP contribution in [0.2, 0.25) is 5.02 Å². The van der Waals surface area contributed by atoms with Crippen LogP contribution in [0.4, 0.5) is 10.5 Å². The normalized spacial score (nSPS) is 16.2. The van der Waals surface area contributed by atoms with E-state index in [1.807, 2.05) is 19.1 Å². The van der Waals surface area contributed by atoms with Gasteiger partial charge in [-0.1, -0.05) is 23.7 Å². The Bertz CT molecular complexity index is 458. The minimum Gasteiger partial charge on any atom is -0.396 e. The van der Waals surface area contributed by atoms with Crippen LogP contribution in [-0.2, 0) is 0 Å². The van der Waals surface area contributed by atoms with Gasteiger partial charge >= 0.3 is 6.03 Å². The van der Waals surface area contributed by atoms with Crippen molar-refractivity contribution >= 4 is 23.3 Å². The predicted octanol–water partition coefficient (Wildman–Crippen LogP) is 2.54. The fourth-order valence-electron chi connectivity index (χ4n) is 1.75. The fourth-order valence-corrected chi connectivity index (χ4v) is 1.92. The fraction of sp³-hybridized carbons (Fsp3) is 0.462. The number of halogens is 1. The van der Waals surface area contributed by atoms with E-state index >= 15 is 0 Å². The number of rotatable bonds is 4. The summed E-state index contributed by atoms with van der Waals surface area (Å²) in [6.07, 6.45) is 1.93. The van der Waals surface area contributed by atoms with Gasteiger partial charge in [-0.2, -0.15) is 0 Å². The van der Waals surface area contributed by atoms with Crippen LogP contribution in [0, 0.1) is 12.3 Å². The largest absolute Gasteiger partial charge is 0.396 e. The highest BCUT2D eigenvalue weighted by molar-refractivity contribution is 6.34. The summed E-state index contributed by atoms with van der Waals surface area (Å²) < 4.78 is 0. The van der Waals surface area contributed by atoms with Crippen LogP contribution in [0.3, 0.4) is 0 Å². The minimum atomic E-state index is -0.290. The predicted molar refractivity (Wildman–Crippen MR) is 72.0 cm³/mol. The molecule has 0 saturated heterocycles. The number of aliphatic hydroxyl groups excluding tert-OH is 1. The number of anilines is 1. The van der Waals surface area contributed by atoms with E-state index in [1.165, 1.54) is 0 Å². The molecule has 0 bridgehead atoms. The van der Waals surface area contributed by atoms with Gasteiger partial charge in [-0.15, -0.1) is 0 Å². The summed E-state index contributed by atoms with van der Waals surface area (Å²) in [5, 5.41) is 15.2. The van der Waals surface area contributed by atoms with E-state index in [4.69, 9.17) is 16.7 Å². The summed E-state index contributed by atoms with van der Waals surface area (Å²) in [7, 11) is 0. The van der Waals surface area contributed by atoms with E-state index in [9.17, 15) is 4.79 Å². The number of carbonyl (C=O) groups excluding carboxylic acids is 1. The van der Waals surface area contributed by atoms with Gasteiger partial charge in [-0.05, 0) is 31.4 Å². The number of nitrogens with one attached hydrogen (secondary N) is 2. The van der Waals surface area contributed by atoms with Gasteiger partial charge in [0.25, 0.3) is 0 Å². The van der Waals surface area contributed by atoms with Gasteiger partial charge in [0.1, 0.15) is 0 Å². The smallest absolute Gasteiger partial charge is 0.319 e. The van der Waals surface area contributed by atoms with Crippen LogP contribution in [0.5, 0.6) is 0 Å². The second kappa shape index (κ2) is 5.16. The number of aliphatic hydroxyl groups is 1. The molecule has 98 valence electrons. The summed E-state index contributed by atoms with van der Waals surface area (Å²) in [5.74, 6) is 0. The molecule has 0 aromatic heterocycles. The molecule has 1 aromatic rings. The summed E-state index contributed by atoms with van der Waals surface area (Å²) in [4.78, 5) is 11.7. The highest BCUT2D eigenvalue weighted by Crippen LogP contribution is 2.44. The molecular formula is C13H17ClN2O2. The number of amides is 2. The first-order valence-electron chi connectivity index (χ1n) is 5.97. The second-order valence-electron chi connectivity index (χ2n) is 4.90. The highest BCUT2D eigenvalue weighted by Gasteiger charge is 2.42. The Morgan fingerprint density at radius 3 is 2.83 bits per heavy atom. The summed E-state index contributed by atoms with van der Waals surface area (Å²) in [6, 6.07) is 5.19. The van der Waals surface area contributed by atoms with Gasteiger partial charge in [-0.3, -0.25) is 0 Å². The van der Waals surface area contributed by atoms with Gasteiger partial charge in [0.05, 0.1) is 17.3 Å². The maximum atomic E-state index is 11.7. The van der Waals surface area contributed by atoms with Crippen molar-refractivity contribution in [2.24, 2.45) is 5.41 Å². The molecule has 2 rings (SSSR count). The molecule has 2 amide bonds. The topological polar surface area (TPSA) is 61.4 Å². The molecule has 1 aromatic carbocycles. The van der Waals surface area contributed by atoms with Gasteiger partial charge in [0, 0.05) is 12.0 Å². The SMILES string of the molecule is Cc1cccc(NC(=O)NCC2(CO)CC2)c1Cl. The van der Waals surface area contributed by atoms with Crippen LogP contribution in [0.25, 0.3) is 0 Å². The Balaban J connectivity index is 1.89. The van der Waals surface area contributed by atoms with Crippen LogP contribution in [0.1, 0.15) is 18.4 Å². The Morgan fingerprint density at radius 1 is 1.50 bits per heavy atom. The lowest BCUT2D eigenvalue weighted by Crippen LogP contribution is -2.35. The van der Waals surface area contributed by atoms with Crippen LogP contribution < -0.4 is 10.6 Å². The maximum Gasteiger partial charge on any atom is 0.319 e. The molecule has 18 heavy (non-hydrogen) atoms. The van der Waals surface area contributed by atoms with Crippen molar-refractivity contribution in [2.45, 2.75) is 19.8 Å². The Kier molecular flexibility index (Phi) is 3.78. The molecule has 1 saturated carbocycles. The first kappa shape index (κ1) is 13.2. The molecule has 0 heterocycles. The van der Waals surface area contributed by atoms with Crippen molar-refractivity contribution < 1.29 is 9.90 Å². The molecule has 3 N–H and O–H groups in total. The van der Waals surface area contributed by atoms with Crippen LogP contribution >= 0.6 is 11.6 Å². The van der Waals surface area contributed by atoms with E-state index in [1.54, 1.807) is 6.07 Å². The lowest BCUT2D eigenvalue weighted by atomic mass is 10.1. The van der Waals surface area contributed by atoms with Gasteiger partial charge in [0.2, 0.25) is 0 Å². The highest BCUT2D eigenvalue weighted by atomic mass is 35.5. The molecule has 0 unspecified atom stereocenters. The molecule has 4 nitrogen and oxygen atoms in total. The molecular weight excluding hydrogens is 252 g/mol. The minimum absolute atomic E-state index is 0.0895. The molecule has 0 atom stereocenters. The molecule has 0 aliphatic heterocycles.